The molecule has 3 aromatic heterocycles. The second-order valence-corrected chi connectivity index (χ2v) is 9.58. The second-order valence-electron chi connectivity index (χ2n) is 9.58. The number of carbonyl (C=O) groups excluding carboxylic acids is 1. The van der Waals surface area contributed by atoms with E-state index in [1.54, 1.807) is 4.90 Å². The standard InChI is InChI=1S/C22H29N7O2/c1-14-6-8-28(14)20-19-23-7-9-29(19)15(2)18(25-20)27-12-17(24-13-27)16-10-26(11-16)21(30)31-22(3,4)5/h7,9,12-14,16H,6,8,10-11H2,1-5H3/t14-/m0/s1. The molecule has 0 aromatic carbocycles. The van der Waals surface area contributed by atoms with Gasteiger partial charge in [0.05, 0.1) is 11.4 Å². The zero-order valence-electron chi connectivity index (χ0n) is 18.7. The smallest absolute Gasteiger partial charge is 0.410 e. The number of rotatable bonds is 3. The van der Waals surface area contributed by atoms with Crippen LogP contribution in [0.5, 0.6) is 0 Å². The molecule has 0 bridgehead atoms. The molecule has 0 N–H and O–H groups in total. The highest BCUT2D eigenvalue weighted by molar-refractivity contribution is 5.70. The van der Waals surface area contributed by atoms with E-state index >= 15 is 0 Å². The summed E-state index contributed by atoms with van der Waals surface area (Å²) in [5.41, 5.74) is 2.38. The van der Waals surface area contributed by atoms with Crippen molar-refractivity contribution in [1.82, 2.24) is 28.8 Å². The largest absolute Gasteiger partial charge is 0.444 e. The number of nitrogens with zero attached hydrogens (tertiary/aromatic N) is 7. The van der Waals surface area contributed by atoms with Crippen LogP contribution < -0.4 is 4.90 Å². The Balaban J connectivity index is 1.38. The number of aryl methyl sites for hydroxylation is 1. The van der Waals surface area contributed by atoms with Crippen molar-refractivity contribution in [2.75, 3.05) is 24.5 Å². The van der Waals surface area contributed by atoms with Crippen LogP contribution in [0, 0.1) is 6.92 Å². The van der Waals surface area contributed by atoms with Gasteiger partial charge in [-0.3, -0.25) is 8.97 Å². The van der Waals surface area contributed by atoms with Gasteiger partial charge in [0.25, 0.3) is 0 Å². The van der Waals surface area contributed by atoms with Gasteiger partial charge in [0.15, 0.2) is 17.3 Å². The lowest BCUT2D eigenvalue weighted by Gasteiger charge is -2.40. The molecule has 0 saturated carbocycles. The van der Waals surface area contributed by atoms with Crippen molar-refractivity contribution in [2.45, 2.75) is 58.6 Å². The van der Waals surface area contributed by atoms with Crippen molar-refractivity contribution in [3.63, 3.8) is 0 Å². The number of imidazole rings is 2. The molecule has 1 atom stereocenters. The van der Waals surface area contributed by atoms with E-state index in [0.717, 1.165) is 35.2 Å². The monoisotopic (exact) mass is 423 g/mol. The Kier molecular flexibility index (Phi) is 4.46. The highest BCUT2D eigenvalue weighted by Crippen LogP contribution is 2.31. The summed E-state index contributed by atoms with van der Waals surface area (Å²) < 4.78 is 9.52. The van der Waals surface area contributed by atoms with Crippen molar-refractivity contribution in [1.29, 1.82) is 0 Å². The summed E-state index contributed by atoms with van der Waals surface area (Å²) in [7, 11) is 0. The van der Waals surface area contributed by atoms with Crippen molar-refractivity contribution in [3.05, 3.63) is 36.3 Å². The van der Waals surface area contributed by atoms with Crippen molar-refractivity contribution < 1.29 is 9.53 Å². The Hall–Kier alpha value is -3.10. The van der Waals surface area contributed by atoms with Crippen LogP contribution >= 0.6 is 0 Å². The number of hydrogen-bond acceptors (Lipinski definition) is 6. The van der Waals surface area contributed by atoms with Crippen LogP contribution in [0.2, 0.25) is 0 Å². The Morgan fingerprint density at radius 1 is 1.19 bits per heavy atom. The molecule has 9 nitrogen and oxygen atoms in total. The van der Waals surface area contributed by atoms with Crippen LogP contribution in [-0.2, 0) is 4.74 Å². The molecule has 2 fully saturated rings. The molecule has 2 saturated heterocycles. The lowest BCUT2D eigenvalue weighted by Crippen LogP contribution is -2.50. The molecule has 5 heterocycles. The van der Waals surface area contributed by atoms with Gasteiger partial charge in [-0.25, -0.2) is 19.7 Å². The van der Waals surface area contributed by atoms with E-state index in [1.807, 2.05) is 57.2 Å². The maximum atomic E-state index is 12.2. The third-order valence-corrected chi connectivity index (χ3v) is 6.13. The van der Waals surface area contributed by atoms with Gasteiger partial charge < -0.3 is 14.5 Å². The molecular formula is C22H29N7O2. The molecule has 5 rings (SSSR count). The van der Waals surface area contributed by atoms with Crippen LogP contribution in [0.15, 0.2) is 24.9 Å². The molecule has 0 radical (unpaired) electrons. The SMILES string of the molecule is Cc1c(-n2cnc(C3CN(C(=O)OC(C)(C)C)C3)c2)nc(N2CC[C@@H]2C)c2nccn12. The molecule has 2 aliphatic heterocycles. The molecule has 9 heteroatoms. The number of aromatic nitrogens is 5. The van der Waals surface area contributed by atoms with E-state index in [4.69, 9.17) is 9.72 Å². The average Bonchev–Trinajstić information content (AvgIpc) is 3.30. The third kappa shape index (κ3) is 3.41. The Labute approximate surface area is 181 Å². The van der Waals surface area contributed by atoms with E-state index < -0.39 is 5.60 Å². The number of anilines is 1. The number of hydrogen-bond donors (Lipinski definition) is 0. The van der Waals surface area contributed by atoms with E-state index in [1.165, 1.54) is 6.42 Å². The lowest BCUT2D eigenvalue weighted by molar-refractivity contribution is 0.00790. The van der Waals surface area contributed by atoms with Gasteiger partial charge in [0, 0.05) is 50.2 Å². The van der Waals surface area contributed by atoms with Gasteiger partial charge in [-0.15, -0.1) is 0 Å². The number of carbonyl (C=O) groups is 1. The summed E-state index contributed by atoms with van der Waals surface area (Å²) in [5.74, 6) is 1.97. The van der Waals surface area contributed by atoms with Gasteiger partial charge in [-0.05, 0) is 41.0 Å². The highest BCUT2D eigenvalue weighted by Gasteiger charge is 2.36. The Morgan fingerprint density at radius 2 is 1.97 bits per heavy atom. The van der Waals surface area contributed by atoms with Crippen LogP contribution in [0.3, 0.4) is 0 Å². The molecule has 0 spiro atoms. The lowest BCUT2D eigenvalue weighted by atomic mass is 9.98. The highest BCUT2D eigenvalue weighted by atomic mass is 16.6. The zero-order chi connectivity index (χ0) is 21.9. The normalized spacial score (nSPS) is 19.5. The Morgan fingerprint density at radius 3 is 2.61 bits per heavy atom. The van der Waals surface area contributed by atoms with Crippen molar-refractivity contribution >= 4 is 17.6 Å². The fourth-order valence-electron chi connectivity index (χ4n) is 4.15. The van der Waals surface area contributed by atoms with E-state index in [9.17, 15) is 4.79 Å². The summed E-state index contributed by atoms with van der Waals surface area (Å²) in [5, 5.41) is 0. The predicted molar refractivity (Wildman–Crippen MR) is 117 cm³/mol. The van der Waals surface area contributed by atoms with E-state index in [2.05, 4.69) is 26.2 Å². The molecule has 0 aliphatic carbocycles. The third-order valence-electron chi connectivity index (χ3n) is 6.13. The van der Waals surface area contributed by atoms with Gasteiger partial charge in [0.1, 0.15) is 11.9 Å². The summed E-state index contributed by atoms with van der Waals surface area (Å²) in [6.07, 6.45) is 8.54. The predicted octanol–water partition coefficient (Wildman–Crippen LogP) is 3.16. The van der Waals surface area contributed by atoms with Gasteiger partial charge >= 0.3 is 6.09 Å². The molecular weight excluding hydrogens is 394 g/mol. The minimum atomic E-state index is -0.482. The van der Waals surface area contributed by atoms with Gasteiger partial charge in [-0.1, -0.05) is 0 Å². The number of fused-ring (bicyclic) bond motifs is 1. The van der Waals surface area contributed by atoms with Crippen LogP contribution in [-0.4, -0.2) is 66.2 Å². The maximum absolute atomic E-state index is 12.2. The van der Waals surface area contributed by atoms with E-state index in [0.29, 0.717) is 19.1 Å². The fourth-order valence-corrected chi connectivity index (χ4v) is 4.15. The van der Waals surface area contributed by atoms with Gasteiger partial charge in [-0.2, -0.15) is 0 Å². The minimum absolute atomic E-state index is 0.209. The van der Waals surface area contributed by atoms with E-state index in [-0.39, 0.29) is 12.0 Å². The first kappa shape index (κ1) is 19.8. The summed E-state index contributed by atoms with van der Waals surface area (Å²) in [6.45, 7) is 12.1. The van der Waals surface area contributed by atoms with Gasteiger partial charge in [0.2, 0.25) is 0 Å². The molecule has 1 amide bonds. The summed E-state index contributed by atoms with van der Waals surface area (Å²) in [4.78, 5) is 30.4. The number of likely N-dealkylation sites (tertiary alicyclic amines) is 1. The molecule has 3 aromatic rings. The Bertz CT molecular complexity index is 1140. The fraction of sp³-hybridized carbons (Fsp3) is 0.545. The first-order valence-electron chi connectivity index (χ1n) is 10.8. The summed E-state index contributed by atoms with van der Waals surface area (Å²) >= 11 is 0. The molecule has 0 unspecified atom stereocenters. The second kappa shape index (κ2) is 6.96. The zero-order valence-corrected chi connectivity index (χ0v) is 18.7. The summed E-state index contributed by atoms with van der Waals surface area (Å²) in [6, 6.07) is 0.468. The maximum Gasteiger partial charge on any atom is 0.410 e. The van der Waals surface area contributed by atoms with Crippen molar-refractivity contribution in [3.8, 4) is 5.82 Å². The number of ether oxygens (including phenoxy) is 1. The number of amides is 1. The van der Waals surface area contributed by atoms with Crippen LogP contribution in [0.4, 0.5) is 10.6 Å². The average molecular weight is 424 g/mol. The minimum Gasteiger partial charge on any atom is -0.444 e. The molecule has 164 valence electrons. The quantitative estimate of drug-likeness (QED) is 0.644. The van der Waals surface area contributed by atoms with Crippen LogP contribution in [0.1, 0.15) is 51.4 Å². The van der Waals surface area contributed by atoms with Crippen molar-refractivity contribution in [2.24, 2.45) is 0 Å². The molecule has 31 heavy (non-hydrogen) atoms. The first-order valence-corrected chi connectivity index (χ1v) is 10.8. The topological polar surface area (TPSA) is 80.8 Å². The molecule has 2 aliphatic rings. The van der Waals surface area contributed by atoms with Crippen LogP contribution in [0.25, 0.3) is 11.5 Å². The first-order chi connectivity index (χ1) is 14.7.